The molecular formula is C12H14N2O3S. The third-order valence-electron chi connectivity index (χ3n) is 2.78. The van der Waals surface area contributed by atoms with Gasteiger partial charge in [-0.2, -0.15) is 0 Å². The number of sulfone groups is 1. The van der Waals surface area contributed by atoms with E-state index in [1.54, 1.807) is 18.2 Å². The summed E-state index contributed by atoms with van der Waals surface area (Å²) in [7, 11) is -3.15. The molecule has 1 aromatic carbocycles. The van der Waals surface area contributed by atoms with Gasteiger partial charge in [0.25, 0.3) is 5.91 Å². The van der Waals surface area contributed by atoms with Crippen LogP contribution in [0.15, 0.2) is 29.7 Å². The lowest BCUT2D eigenvalue weighted by molar-refractivity contribution is 0.0947. The molecule has 96 valence electrons. The number of nitrogen functional groups attached to an aromatic ring is 1. The van der Waals surface area contributed by atoms with Crippen molar-refractivity contribution in [3.05, 3.63) is 40.8 Å². The number of nitrogens with two attached hydrogens (primary N) is 1. The monoisotopic (exact) mass is 266 g/mol. The molecule has 1 amide bonds. The van der Waals surface area contributed by atoms with Gasteiger partial charge < -0.3 is 11.1 Å². The number of benzene rings is 1. The number of nitrogens with one attached hydrogen (secondary N) is 1. The number of rotatable bonds is 2. The SMILES string of the molecule is Cc1cc(C(=O)NC2C=CS(=O)(=O)C2)ccc1N. The van der Waals surface area contributed by atoms with E-state index in [0.717, 1.165) is 11.0 Å². The molecule has 5 nitrogen and oxygen atoms in total. The van der Waals surface area contributed by atoms with E-state index in [-0.39, 0.29) is 11.7 Å². The minimum Gasteiger partial charge on any atom is -0.399 e. The van der Waals surface area contributed by atoms with Crippen LogP contribution >= 0.6 is 0 Å². The zero-order chi connectivity index (χ0) is 13.3. The third-order valence-corrected chi connectivity index (χ3v) is 4.17. The van der Waals surface area contributed by atoms with Crippen LogP contribution in [-0.4, -0.2) is 26.1 Å². The van der Waals surface area contributed by atoms with Gasteiger partial charge in [0.05, 0.1) is 11.8 Å². The van der Waals surface area contributed by atoms with E-state index in [2.05, 4.69) is 5.32 Å². The van der Waals surface area contributed by atoms with Crippen molar-refractivity contribution in [1.82, 2.24) is 5.32 Å². The van der Waals surface area contributed by atoms with Crippen LogP contribution in [0.3, 0.4) is 0 Å². The summed E-state index contributed by atoms with van der Waals surface area (Å²) in [6, 6.07) is 4.49. The van der Waals surface area contributed by atoms with Gasteiger partial charge in [-0.05, 0) is 36.8 Å². The Morgan fingerprint density at radius 2 is 2.17 bits per heavy atom. The van der Waals surface area contributed by atoms with Crippen molar-refractivity contribution in [1.29, 1.82) is 0 Å². The van der Waals surface area contributed by atoms with Crippen LogP contribution in [-0.2, 0) is 9.84 Å². The number of hydrogen-bond acceptors (Lipinski definition) is 4. The molecule has 0 spiro atoms. The van der Waals surface area contributed by atoms with Gasteiger partial charge in [-0.25, -0.2) is 8.42 Å². The molecule has 0 saturated carbocycles. The fraction of sp³-hybridized carbons (Fsp3) is 0.250. The Bertz CT molecular complexity index is 620. The van der Waals surface area contributed by atoms with Crippen LogP contribution in [0.25, 0.3) is 0 Å². The van der Waals surface area contributed by atoms with E-state index in [1.807, 2.05) is 6.92 Å². The van der Waals surface area contributed by atoms with Gasteiger partial charge in [-0.15, -0.1) is 0 Å². The summed E-state index contributed by atoms with van der Waals surface area (Å²) in [6.45, 7) is 1.81. The van der Waals surface area contributed by atoms with E-state index < -0.39 is 15.9 Å². The van der Waals surface area contributed by atoms with E-state index in [9.17, 15) is 13.2 Å². The van der Waals surface area contributed by atoms with Crippen molar-refractivity contribution < 1.29 is 13.2 Å². The lowest BCUT2D eigenvalue weighted by Crippen LogP contribution is -2.35. The fourth-order valence-corrected chi connectivity index (χ4v) is 2.97. The summed E-state index contributed by atoms with van der Waals surface area (Å²) < 4.78 is 22.4. The summed E-state index contributed by atoms with van der Waals surface area (Å²) in [5.74, 6) is -0.378. The lowest BCUT2D eigenvalue weighted by Gasteiger charge is -2.10. The molecular weight excluding hydrogens is 252 g/mol. The first kappa shape index (κ1) is 12.6. The Morgan fingerprint density at radius 1 is 1.44 bits per heavy atom. The van der Waals surface area contributed by atoms with Crippen molar-refractivity contribution in [3.8, 4) is 0 Å². The molecule has 0 radical (unpaired) electrons. The standard InChI is InChI=1S/C12H14N2O3S/c1-8-6-9(2-3-11(8)13)12(15)14-10-4-5-18(16,17)7-10/h2-6,10H,7,13H2,1H3,(H,14,15). The average molecular weight is 266 g/mol. The molecule has 1 aliphatic heterocycles. The molecule has 1 unspecified atom stereocenters. The maximum Gasteiger partial charge on any atom is 0.251 e. The minimum absolute atomic E-state index is 0.0767. The third kappa shape index (κ3) is 2.70. The normalized spacial score (nSPS) is 20.8. The smallest absolute Gasteiger partial charge is 0.251 e. The molecule has 2 rings (SSSR count). The van der Waals surface area contributed by atoms with Gasteiger partial charge in [-0.3, -0.25) is 4.79 Å². The molecule has 0 fully saturated rings. The Morgan fingerprint density at radius 3 is 2.72 bits per heavy atom. The Hall–Kier alpha value is -1.82. The highest BCUT2D eigenvalue weighted by molar-refractivity contribution is 7.94. The second kappa shape index (κ2) is 4.45. The molecule has 1 aliphatic rings. The van der Waals surface area contributed by atoms with Crippen molar-refractivity contribution in [2.45, 2.75) is 13.0 Å². The summed E-state index contributed by atoms with van der Waals surface area (Å²) in [4.78, 5) is 11.9. The van der Waals surface area contributed by atoms with Crippen LogP contribution in [0.2, 0.25) is 0 Å². The number of carbonyl (C=O) groups is 1. The first-order valence-corrected chi connectivity index (χ1v) is 7.17. The molecule has 3 N–H and O–H groups in total. The summed E-state index contributed by atoms with van der Waals surface area (Å²) in [5.41, 5.74) is 7.57. The number of carbonyl (C=O) groups excluding carboxylic acids is 1. The van der Waals surface area contributed by atoms with Gasteiger partial charge in [0.1, 0.15) is 0 Å². The predicted octanol–water partition coefficient (Wildman–Crippen LogP) is 0.618. The zero-order valence-electron chi connectivity index (χ0n) is 9.88. The number of aryl methyl sites for hydroxylation is 1. The molecule has 1 aromatic rings. The first-order valence-electron chi connectivity index (χ1n) is 5.45. The zero-order valence-corrected chi connectivity index (χ0v) is 10.7. The summed E-state index contributed by atoms with van der Waals surface area (Å²) >= 11 is 0. The van der Waals surface area contributed by atoms with E-state index in [0.29, 0.717) is 11.3 Å². The molecule has 18 heavy (non-hydrogen) atoms. The minimum atomic E-state index is -3.15. The first-order chi connectivity index (χ1) is 8.37. The maximum atomic E-state index is 11.9. The highest BCUT2D eigenvalue weighted by Gasteiger charge is 2.23. The largest absolute Gasteiger partial charge is 0.399 e. The lowest BCUT2D eigenvalue weighted by atomic mass is 10.1. The van der Waals surface area contributed by atoms with E-state index in [4.69, 9.17) is 5.73 Å². The summed E-state index contributed by atoms with van der Waals surface area (Å²) in [6.07, 6.45) is 1.48. The maximum absolute atomic E-state index is 11.9. The van der Waals surface area contributed by atoms with Crippen molar-refractivity contribution in [2.75, 3.05) is 11.5 Å². The molecule has 1 heterocycles. The highest BCUT2D eigenvalue weighted by atomic mass is 32.2. The molecule has 6 heteroatoms. The van der Waals surface area contributed by atoms with Crippen LogP contribution in [0.4, 0.5) is 5.69 Å². The van der Waals surface area contributed by atoms with Crippen LogP contribution < -0.4 is 11.1 Å². The second-order valence-corrected chi connectivity index (χ2v) is 6.24. The number of anilines is 1. The van der Waals surface area contributed by atoms with Gasteiger partial charge in [0.2, 0.25) is 0 Å². The van der Waals surface area contributed by atoms with E-state index >= 15 is 0 Å². The summed E-state index contributed by atoms with van der Waals surface area (Å²) in [5, 5.41) is 3.78. The molecule has 0 saturated heterocycles. The molecule has 0 bridgehead atoms. The van der Waals surface area contributed by atoms with Crippen LogP contribution in [0, 0.1) is 6.92 Å². The Labute approximate surface area is 106 Å². The van der Waals surface area contributed by atoms with Crippen molar-refractivity contribution in [3.63, 3.8) is 0 Å². The predicted molar refractivity (Wildman–Crippen MR) is 69.8 cm³/mol. The van der Waals surface area contributed by atoms with E-state index in [1.165, 1.54) is 6.08 Å². The quantitative estimate of drug-likeness (QED) is 0.768. The molecule has 0 aromatic heterocycles. The average Bonchev–Trinajstić information content (AvgIpc) is 2.62. The molecule has 0 aliphatic carbocycles. The Kier molecular flexibility index (Phi) is 3.13. The molecule has 1 atom stereocenters. The van der Waals surface area contributed by atoms with Gasteiger partial charge in [0.15, 0.2) is 9.84 Å². The number of hydrogen-bond donors (Lipinski definition) is 2. The van der Waals surface area contributed by atoms with Crippen molar-refractivity contribution in [2.24, 2.45) is 0 Å². The second-order valence-electron chi connectivity index (χ2n) is 4.31. The fourth-order valence-electron chi connectivity index (χ4n) is 1.73. The number of amides is 1. The van der Waals surface area contributed by atoms with Crippen molar-refractivity contribution >= 4 is 21.4 Å². The van der Waals surface area contributed by atoms with Crippen LogP contribution in [0.1, 0.15) is 15.9 Å². The topological polar surface area (TPSA) is 89.3 Å². The van der Waals surface area contributed by atoms with Gasteiger partial charge in [-0.1, -0.05) is 0 Å². The van der Waals surface area contributed by atoms with Gasteiger partial charge in [0, 0.05) is 16.7 Å². The highest BCUT2D eigenvalue weighted by Crippen LogP contribution is 2.14. The van der Waals surface area contributed by atoms with Gasteiger partial charge >= 0.3 is 0 Å². The Balaban J connectivity index is 2.09. The van der Waals surface area contributed by atoms with Crippen LogP contribution in [0.5, 0.6) is 0 Å².